The summed E-state index contributed by atoms with van der Waals surface area (Å²) in [7, 11) is 2.11. The number of benzene rings is 1. The molecule has 1 aliphatic heterocycles. The van der Waals surface area contributed by atoms with Gasteiger partial charge in [-0.2, -0.15) is 4.99 Å². The lowest BCUT2D eigenvalue weighted by atomic mass is 9.79. The van der Waals surface area contributed by atoms with Gasteiger partial charge in [-0.25, -0.2) is 9.59 Å². The molecular formula is C19H27N3O3. The third-order valence-electron chi connectivity index (χ3n) is 5.25. The second-order valence-electron chi connectivity index (χ2n) is 7.90. The average Bonchev–Trinajstić information content (AvgIpc) is 2.48. The molecule has 6 nitrogen and oxygen atoms in total. The van der Waals surface area contributed by atoms with Gasteiger partial charge in [-0.1, -0.05) is 6.07 Å². The molecule has 1 heterocycles. The highest BCUT2D eigenvalue weighted by atomic mass is 16.6. The molecule has 0 bridgehead atoms. The van der Waals surface area contributed by atoms with Gasteiger partial charge in [-0.05, 0) is 59.4 Å². The molecule has 0 atom stereocenters. The summed E-state index contributed by atoms with van der Waals surface area (Å²) in [5, 5.41) is 2.76. The molecule has 1 aromatic carbocycles. The molecule has 0 aliphatic carbocycles. The number of hydrogen-bond donors (Lipinski definition) is 1. The van der Waals surface area contributed by atoms with Gasteiger partial charge < -0.3 is 4.74 Å². The number of ether oxygens (including phenoxy) is 1. The molecule has 1 aliphatic rings. The summed E-state index contributed by atoms with van der Waals surface area (Å²) in [6.07, 6.45) is 2.42. The van der Waals surface area contributed by atoms with E-state index in [1.807, 2.05) is 0 Å². The van der Waals surface area contributed by atoms with Crippen LogP contribution in [0.15, 0.2) is 23.2 Å². The number of carbonyl (C=O) groups is 1. The number of amides is 1. The summed E-state index contributed by atoms with van der Waals surface area (Å²) in [6.45, 7) is 10.4. The van der Waals surface area contributed by atoms with E-state index in [0.717, 1.165) is 12.8 Å². The molecular weight excluding hydrogens is 318 g/mol. The highest BCUT2D eigenvalue weighted by Crippen LogP contribution is 2.38. The van der Waals surface area contributed by atoms with Crippen molar-refractivity contribution in [2.75, 3.05) is 12.4 Å². The molecule has 1 aromatic rings. The largest absolute Gasteiger partial charge is 0.446 e. The molecule has 1 N–H and O–H groups in total. The molecule has 6 heteroatoms. The molecule has 1 fully saturated rings. The minimum absolute atomic E-state index is 0.0544. The lowest BCUT2D eigenvalue weighted by Gasteiger charge is -2.53. The standard InChI is InChI=1S/C19H27N3O3/c1-13-15(20-12-23)8-7-9-16(13)21-17(24)25-14-10-18(2,3)22(6)19(4,5)11-14/h7-9,14H,10-11H2,1-6H3,(H,21,24). The maximum atomic E-state index is 12.4. The van der Waals surface area contributed by atoms with Crippen LogP contribution in [0.3, 0.4) is 0 Å². The Labute approximate surface area is 149 Å². The summed E-state index contributed by atoms with van der Waals surface area (Å²) >= 11 is 0. The van der Waals surface area contributed by atoms with Crippen LogP contribution in [-0.4, -0.2) is 41.3 Å². The first-order valence-corrected chi connectivity index (χ1v) is 8.46. The highest BCUT2D eigenvalue weighted by Gasteiger charge is 2.44. The Morgan fingerprint density at radius 3 is 2.44 bits per heavy atom. The Balaban J connectivity index is 2.08. The molecule has 1 amide bonds. The van der Waals surface area contributed by atoms with Crippen molar-refractivity contribution in [2.24, 2.45) is 4.99 Å². The van der Waals surface area contributed by atoms with E-state index >= 15 is 0 Å². The quantitative estimate of drug-likeness (QED) is 0.659. The van der Waals surface area contributed by atoms with E-state index in [-0.39, 0.29) is 17.2 Å². The van der Waals surface area contributed by atoms with Crippen LogP contribution < -0.4 is 5.32 Å². The number of aliphatic imine (C=N–C) groups is 1. The first kappa shape index (κ1) is 19.2. The Morgan fingerprint density at radius 2 is 1.88 bits per heavy atom. The van der Waals surface area contributed by atoms with E-state index in [2.05, 4.69) is 50.0 Å². The number of piperidine rings is 1. The van der Waals surface area contributed by atoms with Gasteiger partial charge in [0.1, 0.15) is 6.10 Å². The lowest BCUT2D eigenvalue weighted by Crippen LogP contribution is -2.60. The molecule has 136 valence electrons. The molecule has 0 aromatic heterocycles. The monoisotopic (exact) mass is 345 g/mol. The number of nitrogens with zero attached hydrogens (tertiary/aromatic N) is 2. The second kappa shape index (κ2) is 6.98. The summed E-state index contributed by atoms with van der Waals surface area (Å²) in [4.78, 5) is 28.8. The molecule has 0 radical (unpaired) electrons. The predicted octanol–water partition coefficient (Wildman–Crippen LogP) is 4.16. The first-order valence-electron chi connectivity index (χ1n) is 8.46. The van der Waals surface area contributed by atoms with E-state index in [0.29, 0.717) is 16.9 Å². The fraction of sp³-hybridized carbons (Fsp3) is 0.579. The van der Waals surface area contributed by atoms with Gasteiger partial charge >= 0.3 is 6.09 Å². The van der Waals surface area contributed by atoms with Crippen LogP contribution in [0.1, 0.15) is 46.1 Å². The Kier molecular flexibility index (Phi) is 5.35. The van der Waals surface area contributed by atoms with Crippen molar-refractivity contribution in [1.29, 1.82) is 0 Å². The number of hydrogen-bond acceptors (Lipinski definition) is 5. The maximum absolute atomic E-state index is 12.4. The van der Waals surface area contributed by atoms with Crippen molar-refractivity contribution in [2.45, 2.75) is 64.6 Å². The van der Waals surface area contributed by atoms with Crippen LogP contribution in [0.4, 0.5) is 16.2 Å². The average molecular weight is 345 g/mol. The lowest BCUT2D eigenvalue weighted by molar-refractivity contribution is -0.0659. The molecule has 0 unspecified atom stereocenters. The van der Waals surface area contributed by atoms with Crippen molar-refractivity contribution < 1.29 is 14.3 Å². The van der Waals surface area contributed by atoms with Crippen molar-refractivity contribution in [3.8, 4) is 0 Å². The van der Waals surface area contributed by atoms with Crippen LogP contribution in [0.5, 0.6) is 0 Å². The zero-order valence-corrected chi connectivity index (χ0v) is 15.8. The summed E-state index contributed by atoms with van der Waals surface area (Å²) in [5.74, 6) is 0. The van der Waals surface area contributed by atoms with Crippen LogP contribution in [-0.2, 0) is 9.53 Å². The van der Waals surface area contributed by atoms with Crippen LogP contribution >= 0.6 is 0 Å². The van der Waals surface area contributed by atoms with Crippen LogP contribution in [0.2, 0.25) is 0 Å². The Hall–Kier alpha value is -2.17. The highest BCUT2D eigenvalue weighted by molar-refractivity contribution is 5.87. The molecule has 0 spiro atoms. The van der Waals surface area contributed by atoms with Gasteiger partial charge in [0.25, 0.3) is 0 Å². The van der Waals surface area contributed by atoms with Crippen molar-refractivity contribution in [3.63, 3.8) is 0 Å². The molecule has 0 saturated carbocycles. The van der Waals surface area contributed by atoms with Crippen LogP contribution in [0, 0.1) is 6.92 Å². The Morgan fingerprint density at radius 1 is 1.28 bits per heavy atom. The third-order valence-corrected chi connectivity index (χ3v) is 5.25. The Bertz CT molecular complexity index is 688. The van der Waals surface area contributed by atoms with Gasteiger partial charge in [-0.3, -0.25) is 10.2 Å². The maximum Gasteiger partial charge on any atom is 0.411 e. The fourth-order valence-corrected chi connectivity index (χ4v) is 3.58. The number of nitrogens with one attached hydrogen (secondary N) is 1. The zero-order valence-electron chi connectivity index (χ0n) is 15.8. The van der Waals surface area contributed by atoms with Gasteiger partial charge in [-0.15, -0.1) is 0 Å². The van der Waals surface area contributed by atoms with Gasteiger partial charge in [0.05, 0.1) is 5.69 Å². The van der Waals surface area contributed by atoms with Gasteiger partial charge in [0, 0.05) is 29.6 Å². The van der Waals surface area contributed by atoms with E-state index in [9.17, 15) is 9.59 Å². The zero-order chi connectivity index (χ0) is 18.8. The van der Waals surface area contributed by atoms with E-state index < -0.39 is 6.09 Å². The molecule has 25 heavy (non-hydrogen) atoms. The van der Waals surface area contributed by atoms with E-state index in [1.165, 1.54) is 6.08 Å². The topological polar surface area (TPSA) is 71.0 Å². The first-order chi connectivity index (χ1) is 11.6. The molecule has 2 rings (SSSR count). The van der Waals surface area contributed by atoms with E-state index in [1.54, 1.807) is 25.1 Å². The normalized spacial score (nSPS) is 19.8. The van der Waals surface area contributed by atoms with Crippen molar-refractivity contribution in [3.05, 3.63) is 23.8 Å². The summed E-state index contributed by atoms with van der Waals surface area (Å²) < 4.78 is 5.68. The van der Waals surface area contributed by atoms with Crippen molar-refractivity contribution >= 4 is 23.5 Å². The second-order valence-corrected chi connectivity index (χ2v) is 7.90. The number of likely N-dealkylation sites (tertiary alicyclic amines) is 1. The summed E-state index contributed by atoms with van der Waals surface area (Å²) in [6, 6.07) is 5.17. The van der Waals surface area contributed by atoms with Crippen LogP contribution in [0.25, 0.3) is 0 Å². The number of carbonyl (C=O) groups excluding carboxylic acids is 2. The third kappa shape index (κ3) is 4.27. The summed E-state index contributed by atoms with van der Waals surface area (Å²) in [5.41, 5.74) is 1.65. The van der Waals surface area contributed by atoms with E-state index in [4.69, 9.17) is 4.74 Å². The number of anilines is 1. The SMILES string of the molecule is Cc1c(N=C=O)cccc1NC(=O)OC1CC(C)(C)N(C)C(C)(C)C1. The predicted molar refractivity (Wildman–Crippen MR) is 98.0 cm³/mol. The number of isocyanates is 1. The van der Waals surface area contributed by atoms with Crippen molar-refractivity contribution in [1.82, 2.24) is 4.90 Å². The van der Waals surface area contributed by atoms with Gasteiger partial charge in [0.2, 0.25) is 6.08 Å². The number of rotatable bonds is 3. The molecule has 1 saturated heterocycles. The minimum Gasteiger partial charge on any atom is -0.446 e. The van der Waals surface area contributed by atoms with Gasteiger partial charge in [0.15, 0.2) is 0 Å². The smallest absolute Gasteiger partial charge is 0.411 e. The fourth-order valence-electron chi connectivity index (χ4n) is 3.58. The minimum atomic E-state index is -0.489.